The normalized spacial score (nSPS) is 16.2. The summed E-state index contributed by atoms with van der Waals surface area (Å²) < 4.78 is 17.4. The van der Waals surface area contributed by atoms with Gasteiger partial charge in [-0.15, -0.1) is 5.06 Å². The molecule has 5 aromatic rings. The van der Waals surface area contributed by atoms with E-state index in [9.17, 15) is 24.3 Å². The van der Waals surface area contributed by atoms with E-state index in [1.54, 1.807) is 72.8 Å². The van der Waals surface area contributed by atoms with Crippen LogP contribution in [-0.4, -0.2) is 52.8 Å². The molecule has 5 aromatic carbocycles. The Labute approximate surface area is 361 Å². The molecule has 13 nitrogen and oxygen atoms in total. The molecule has 0 spiro atoms. The number of nitriles is 1. The predicted molar refractivity (Wildman–Crippen MR) is 226 cm³/mol. The van der Waals surface area contributed by atoms with Crippen molar-refractivity contribution in [2.75, 3.05) is 11.9 Å². The van der Waals surface area contributed by atoms with Crippen LogP contribution in [0.5, 0.6) is 11.5 Å². The number of nitrogens with one attached hydrogen (secondary N) is 2. The monoisotopic (exact) mass is 862 g/mol. The summed E-state index contributed by atoms with van der Waals surface area (Å²) in [7, 11) is 0. The smallest absolute Gasteiger partial charge is 0.489 e. The van der Waals surface area contributed by atoms with Crippen molar-refractivity contribution in [3.63, 3.8) is 0 Å². The summed E-state index contributed by atoms with van der Waals surface area (Å²) in [6.07, 6.45) is -2.03. The molecule has 3 atom stereocenters. The lowest BCUT2D eigenvalue weighted by Crippen LogP contribution is -2.54. The number of carbonyl (C=O) groups excluding carboxylic acids is 3. The van der Waals surface area contributed by atoms with Crippen molar-refractivity contribution < 1.29 is 43.3 Å². The third kappa shape index (κ3) is 10.4. The number of hydrogen-bond acceptors (Lipinski definition) is 10. The number of fused-ring (bicyclic) bond motifs is 2. The van der Waals surface area contributed by atoms with Crippen LogP contribution in [0.15, 0.2) is 103 Å². The van der Waals surface area contributed by atoms with E-state index in [1.165, 1.54) is 5.06 Å². The third-order valence-electron chi connectivity index (χ3n) is 10.1. The van der Waals surface area contributed by atoms with Gasteiger partial charge in [0.05, 0.1) is 40.5 Å². The molecule has 15 heteroatoms. The van der Waals surface area contributed by atoms with E-state index in [0.29, 0.717) is 55.0 Å². The van der Waals surface area contributed by atoms with Crippen molar-refractivity contribution in [1.29, 1.82) is 5.26 Å². The second-order valence-corrected chi connectivity index (χ2v) is 15.9. The zero-order valence-electron chi connectivity index (χ0n) is 33.0. The molecule has 0 aromatic heterocycles. The minimum Gasteiger partial charge on any atom is -0.489 e. The highest BCUT2D eigenvalue weighted by molar-refractivity contribution is 6.42. The largest absolute Gasteiger partial charge is 0.527 e. The fourth-order valence-corrected chi connectivity index (χ4v) is 7.19. The summed E-state index contributed by atoms with van der Waals surface area (Å²) in [5.41, 5.74) is 6.07. The summed E-state index contributed by atoms with van der Waals surface area (Å²) >= 11 is 12.1. The maximum atomic E-state index is 14.0. The molecule has 2 aliphatic heterocycles. The molecule has 0 radical (unpaired) electrons. The Kier molecular flexibility index (Phi) is 13.1. The van der Waals surface area contributed by atoms with Crippen LogP contribution in [-0.2, 0) is 50.0 Å². The molecule has 3 N–H and O–H groups in total. The molecule has 0 fully saturated rings. The van der Waals surface area contributed by atoms with Gasteiger partial charge in [0.1, 0.15) is 30.2 Å². The van der Waals surface area contributed by atoms with E-state index in [-0.39, 0.29) is 38.5 Å². The molecule has 2 amide bonds. The van der Waals surface area contributed by atoms with Crippen LogP contribution in [0.2, 0.25) is 10.0 Å². The Morgan fingerprint density at radius 2 is 1.61 bits per heavy atom. The number of ether oxygens (including phenoxy) is 3. The number of rotatable bonds is 13. The quantitative estimate of drug-likeness (QED) is 0.0969. The number of halogens is 2. The van der Waals surface area contributed by atoms with E-state index in [0.717, 1.165) is 16.7 Å². The standard InChI is InChI=1S/C46H40Cl2N4O9/c1-26(2)24-59-46(57)61-52-23-34-21-41-38(50-44(54)42(60-41)32-12-14-35(15-13-32)58-25-29-7-16-36(47)37(48)17-29)19-33(34)20-40(52)43(53)51-39(45(55)56)18-27-3-8-30(9-4-27)31-10-5-28(22-49)6-11-31/h3-17,19,21,26,39-40,42H,18,20,23-25H2,1-2H3,(H,50,54)(H,51,53)(H,55,56)/t39-,40?,42-/m0/s1. The van der Waals surface area contributed by atoms with Gasteiger partial charge in [0, 0.05) is 18.4 Å². The number of anilines is 1. The number of carboxylic acid groups (broad SMARTS) is 1. The topological polar surface area (TPSA) is 177 Å². The Morgan fingerprint density at radius 3 is 2.26 bits per heavy atom. The molecule has 7 rings (SSSR count). The SMILES string of the molecule is CC(C)COC(=O)ON1Cc2cc3c(cc2CC1C(=O)N[C@@H](Cc1ccc(-c2ccc(C#N)cc2)cc1)C(=O)O)NC(=O)[C@H](c1ccc(OCc2ccc(Cl)c(Cl)c2)cc1)O3. The number of hydrogen-bond donors (Lipinski definition) is 3. The zero-order chi connectivity index (χ0) is 43.2. The van der Waals surface area contributed by atoms with Gasteiger partial charge in [0.2, 0.25) is 12.0 Å². The number of amides is 2. The fraction of sp³-hybridized carbons (Fsp3) is 0.239. The second kappa shape index (κ2) is 18.8. The Bertz CT molecular complexity index is 2490. The van der Waals surface area contributed by atoms with E-state index < -0.39 is 42.1 Å². The highest BCUT2D eigenvalue weighted by Crippen LogP contribution is 2.40. The van der Waals surface area contributed by atoms with Crippen molar-refractivity contribution in [2.45, 2.75) is 58.0 Å². The Balaban J connectivity index is 1.05. The van der Waals surface area contributed by atoms with Gasteiger partial charge in [-0.25, -0.2) is 9.59 Å². The summed E-state index contributed by atoms with van der Waals surface area (Å²) in [6.45, 7) is 4.00. The van der Waals surface area contributed by atoms with Crippen LogP contribution in [0, 0.1) is 17.2 Å². The number of carboxylic acids is 1. The van der Waals surface area contributed by atoms with Crippen LogP contribution in [0.25, 0.3) is 11.1 Å². The lowest BCUT2D eigenvalue weighted by atomic mass is 9.93. The average molecular weight is 864 g/mol. The number of hydroxylamine groups is 2. The molecule has 1 unspecified atom stereocenters. The van der Waals surface area contributed by atoms with Crippen LogP contribution >= 0.6 is 23.2 Å². The van der Waals surface area contributed by atoms with Gasteiger partial charge in [-0.3, -0.25) is 9.59 Å². The maximum absolute atomic E-state index is 14.0. The van der Waals surface area contributed by atoms with Gasteiger partial charge in [-0.05, 0) is 87.8 Å². The number of aliphatic carboxylic acids is 1. The highest BCUT2D eigenvalue weighted by Gasteiger charge is 2.39. The van der Waals surface area contributed by atoms with Crippen LogP contribution in [0.4, 0.5) is 10.5 Å². The Morgan fingerprint density at radius 1 is 0.918 bits per heavy atom. The first-order chi connectivity index (χ1) is 29.3. The molecule has 2 heterocycles. The van der Waals surface area contributed by atoms with E-state index >= 15 is 0 Å². The summed E-state index contributed by atoms with van der Waals surface area (Å²) in [6, 6.07) is 29.5. The first-order valence-electron chi connectivity index (χ1n) is 19.4. The van der Waals surface area contributed by atoms with E-state index in [1.807, 2.05) is 44.2 Å². The molecule has 2 aliphatic rings. The second-order valence-electron chi connectivity index (χ2n) is 15.0. The van der Waals surface area contributed by atoms with Crippen molar-refractivity contribution in [1.82, 2.24) is 10.4 Å². The number of benzene rings is 5. The Hall–Kier alpha value is -6.59. The molecule has 0 bridgehead atoms. The summed E-state index contributed by atoms with van der Waals surface area (Å²) in [5.74, 6) is -1.40. The van der Waals surface area contributed by atoms with Gasteiger partial charge in [-0.2, -0.15) is 5.26 Å². The molecule has 61 heavy (non-hydrogen) atoms. The van der Waals surface area contributed by atoms with E-state index in [2.05, 4.69) is 16.7 Å². The third-order valence-corrected chi connectivity index (χ3v) is 10.8. The summed E-state index contributed by atoms with van der Waals surface area (Å²) in [5, 5.41) is 26.9. The lowest BCUT2D eigenvalue weighted by Gasteiger charge is -2.35. The molecule has 0 aliphatic carbocycles. The minimum atomic E-state index is -1.32. The van der Waals surface area contributed by atoms with Gasteiger partial charge >= 0.3 is 12.1 Å². The molecule has 0 saturated carbocycles. The first kappa shape index (κ1) is 42.5. The minimum absolute atomic E-state index is 0.000517. The van der Waals surface area contributed by atoms with Crippen molar-refractivity contribution in [2.24, 2.45) is 5.92 Å². The molecule has 312 valence electrons. The maximum Gasteiger partial charge on any atom is 0.527 e. The molecule has 0 saturated heterocycles. The first-order valence-corrected chi connectivity index (χ1v) is 20.1. The molecular formula is C46H40Cl2N4O9. The van der Waals surface area contributed by atoms with Crippen molar-refractivity contribution in [3.05, 3.63) is 147 Å². The van der Waals surface area contributed by atoms with E-state index in [4.69, 9.17) is 47.5 Å². The van der Waals surface area contributed by atoms with Crippen LogP contribution < -0.4 is 20.1 Å². The number of carbonyl (C=O) groups is 4. The van der Waals surface area contributed by atoms with Gasteiger partial charge in [0.25, 0.3) is 5.91 Å². The highest BCUT2D eigenvalue weighted by atomic mass is 35.5. The van der Waals surface area contributed by atoms with Gasteiger partial charge in [0.15, 0.2) is 0 Å². The molecular weight excluding hydrogens is 823 g/mol. The van der Waals surface area contributed by atoms with Crippen LogP contribution in [0.3, 0.4) is 0 Å². The van der Waals surface area contributed by atoms with Gasteiger partial charge < -0.3 is 34.8 Å². The van der Waals surface area contributed by atoms with Crippen LogP contribution in [0.1, 0.15) is 53.3 Å². The predicted octanol–water partition coefficient (Wildman–Crippen LogP) is 8.45. The lowest BCUT2D eigenvalue weighted by molar-refractivity contribution is -0.176. The van der Waals surface area contributed by atoms with Crippen molar-refractivity contribution >= 4 is 52.8 Å². The number of nitrogens with zero attached hydrogens (tertiary/aromatic N) is 2. The average Bonchev–Trinajstić information content (AvgIpc) is 3.25. The fourth-order valence-electron chi connectivity index (χ4n) is 6.87. The summed E-state index contributed by atoms with van der Waals surface area (Å²) in [4.78, 5) is 58.3. The zero-order valence-corrected chi connectivity index (χ0v) is 34.5. The van der Waals surface area contributed by atoms with Gasteiger partial charge in [-0.1, -0.05) is 91.6 Å². The van der Waals surface area contributed by atoms with Crippen molar-refractivity contribution in [3.8, 4) is 28.7 Å².